The standard InChI is InChI=1S/C25H18ClF2N5O2/c26-15-6-9-17-18(10-15)23(21-19(27)2-1-3-20(21)28)30-11-14-12-31-25(33-22(14)17)32-16-7-4-13(5-8-16)24(34)35-29/h1-2,4-10,12,20H,3,11,29H2,(H,31,32,33). The number of nitrogens with zero attached hydrogens (tertiary/aromatic N) is 3. The van der Waals surface area contributed by atoms with Crippen molar-refractivity contribution in [2.24, 2.45) is 10.9 Å². The van der Waals surface area contributed by atoms with E-state index in [9.17, 15) is 13.6 Å². The van der Waals surface area contributed by atoms with Crippen molar-refractivity contribution < 1.29 is 18.4 Å². The second-order valence-electron chi connectivity index (χ2n) is 7.90. The summed E-state index contributed by atoms with van der Waals surface area (Å²) in [6.07, 6.45) is 2.89. The predicted octanol–water partition coefficient (Wildman–Crippen LogP) is 5.40. The fraction of sp³-hybridized carbons (Fsp3) is 0.120. The Labute approximate surface area is 204 Å². The molecule has 10 heteroatoms. The van der Waals surface area contributed by atoms with Gasteiger partial charge in [-0.3, -0.25) is 4.99 Å². The lowest BCUT2D eigenvalue weighted by molar-refractivity contribution is 0.0503. The van der Waals surface area contributed by atoms with Gasteiger partial charge in [0.2, 0.25) is 5.95 Å². The van der Waals surface area contributed by atoms with E-state index < -0.39 is 18.0 Å². The third-order valence-electron chi connectivity index (χ3n) is 5.68. The molecule has 7 nitrogen and oxygen atoms in total. The van der Waals surface area contributed by atoms with Crippen LogP contribution in [-0.4, -0.2) is 27.8 Å². The molecule has 2 aromatic carbocycles. The number of aliphatic imine (C=N–C) groups is 1. The van der Waals surface area contributed by atoms with Crippen LogP contribution >= 0.6 is 11.6 Å². The van der Waals surface area contributed by atoms with Gasteiger partial charge in [-0.15, -0.1) is 0 Å². The van der Waals surface area contributed by atoms with Gasteiger partial charge in [-0.05, 0) is 42.5 Å². The molecule has 0 fully saturated rings. The molecule has 2 aliphatic rings. The van der Waals surface area contributed by atoms with Gasteiger partial charge in [-0.1, -0.05) is 23.7 Å². The highest BCUT2D eigenvalue weighted by Gasteiger charge is 2.29. The zero-order chi connectivity index (χ0) is 24.5. The molecule has 3 N–H and O–H groups in total. The maximum Gasteiger partial charge on any atom is 0.356 e. The van der Waals surface area contributed by atoms with Crippen LogP contribution in [0.4, 0.5) is 20.4 Å². The summed E-state index contributed by atoms with van der Waals surface area (Å²) in [5, 5.41) is 3.49. The highest BCUT2D eigenvalue weighted by molar-refractivity contribution is 6.31. The highest BCUT2D eigenvalue weighted by atomic mass is 35.5. The van der Waals surface area contributed by atoms with E-state index in [2.05, 4.69) is 25.1 Å². The van der Waals surface area contributed by atoms with Gasteiger partial charge in [0, 0.05) is 45.6 Å². The molecule has 1 aliphatic carbocycles. The van der Waals surface area contributed by atoms with Crippen LogP contribution in [0.2, 0.25) is 5.02 Å². The number of carbonyl (C=O) groups is 1. The van der Waals surface area contributed by atoms with Crippen LogP contribution in [0.1, 0.15) is 27.9 Å². The van der Waals surface area contributed by atoms with Crippen molar-refractivity contribution in [2.45, 2.75) is 19.1 Å². The second-order valence-corrected chi connectivity index (χ2v) is 8.33. The largest absolute Gasteiger partial charge is 0.370 e. The number of halogens is 3. The molecular formula is C25H18ClF2N5O2. The van der Waals surface area contributed by atoms with E-state index in [0.29, 0.717) is 38.7 Å². The minimum Gasteiger partial charge on any atom is -0.370 e. The first-order valence-corrected chi connectivity index (χ1v) is 11.0. The van der Waals surface area contributed by atoms with E-state index in [-0.39, 0.29) is 30.2 Å². The van der Waals surface area contributed by atoms with E-state index in [0.717, 1.165) is 0 Å². The number of nitrogens with two attached hydrogens (primary N) is 1. The average Bonchev–Trinajstić information content (AvgIpc) is 3.01. The van der Waals surface area contributed by atoms with Crippen LogP contribution in [-0.2, 0) is 11.4 Å². The molecular weight excluding hydrogens is 476 g/mol. The number of rotatable bonds is 4. The SMILES string of the molecule is NOC(=O)c1ccc(Nc2ncc3c(n2)-c2ccc(Cl)cc2C(C2=C(F)C=CCC2F)=NC3)cc1. The minimum absolute atomic E-state index is 0.0697. The molecule has 0 bridgehead atoms. The van der Waals surface area contributed by atoms with Gasteiger partial charge < -0.3 is 10.2 Å². The lowest BCUT2D eigenvalue weighted by Crippen LogP contribution is -2.19. The Balaban J connectivity index is 1.55. The maximum atomic E-state index is 14.8. The number of hydrogen-bond donors (Lipinski definition) is 2. The smallest absolute Gasteiger partial charge is 0.356 e. The molecule has 1 atom stereocenters. The van der Waals surface area contributed by atoms with Crippen LogP contribution in [0, 0.1) is 0 Å². The minimum atomic E-state index is -1.52. The summed E-state index contributed by atoms with van der Waals surface area (Å²) in [5.74, 6) is 3.89. The molecule has 0 radical (unpaired) electrons. The first-order valence-electron chi connectivity index (χ1n) is 10.6. The summed E-state index contributed by atoms with van der Waals surface area (Å²) in [6, 6.07) is 11.5. The molecule has 0 amide bonds. The van der Waals surface area contributed by atoms with Gasteiger partial charge in [-0.2, -0.15) is 5.90 Å². The lowest BCUT2D eigenvalue weighted by atomic mass is 9.90. The van der Waals surface area contributed by atoms with E-state index in [1.54, 1.807) is 48.7 Å². The predicted molar refractivity (Wildman–Crippen MR) is 129 cm³/mol. The summed E-state index contributed by atoms with van der Waals surface area (Å²) < 4.78 is 29.5. The second kappa shape index (κ2) is 9.36. The fourth-order valence-corrected chi connectivity index (χ4v) is 4.18. The molecule has 2 heterocycles. The molecule has 5 rings (SSSR count). The van der Waals surface area contributed by atoms with Crippen molar-refractivity contribution in [3.05, 3.63) is 93.9 Å². The molecule has 1 aromatic heterocycles. The lowest BCUT2D eigenvalue weighted by Gasteiger charge is -2.19. The van der Waals surface area contributed by atoms with Gasteiger partial charge >= 0.3 is 5.97 Å². The van der Waals surface area contributed by atoms with Crippen molar-refractivity contribution in [2.75, 3.05) is 5.32 Å². The first kappa shape index (κ1) is 22.8. The van der Waals surface area contributed by atoms with E-state index in [1.807, 2.05) is 0 Å². The van der Waals surface area contributed by atoms with Crippen molar-refractivity contribution in [1.82, 2.24) is 9.97 Å². The topological polar surface area (TPSA) is 102 Å². The fourth-order valence-electron chi connectivity index (χ4n) is 4.01. The molecule has 1 unspecified atom stereocenters. The first-order chi connectivity index (χ1) is 16.9. The van der Waals surface area contributed by atoms with E-state index in [1.165, 1.54) is 12.2 Å². The number of allylic oxidation sites excluding steroid dienone is 4. The number of carbonyl (C=O) groups excluding carboxylic acids is 1. The van der Waals surface area contributed by atoms with Crippen LogP contribution in [0.15, 0.2) is 77.2 Å². The molecule has 35 heavy (non-hydrogen) atoms. The van der Waals surface area contributed by atoms with E-state index >= 15 is 0 Å². The van der Waals surface area contributed by atoms with Crippen LogP contribution in [0.3, 0.4) is 0 Å². The zero-order valence-corrected chi connectivity index (χ0v) is 18.9. The summed E-state index contributed by atoms with van der Waals surface area (Å²) in [5.41, 5.74) is 3.43. The van der Waals surface area contributed by atoms with Gasteiger partial charge in [0.15, 0.2) is 0 Å². The monoisotopic (exact) mass is 493 g/mol. The Morgan fingerprint density at radius 3 is 2.71 bits per heavy atom. The Hall–Kier alpha value is -3.95. The van der Waals surface area contributed by atoms with Crippen LogP contribution in [0.25, 0.3) is 11.3 Å². The molecule has 1 aliphatic heterocycles. The number of nitrogens with one attached hydrogen (secondary N) is 1. The summed E-state index contributed by atoms with van der Waals surface area (Å²) >= 11 is 6.26. The summed E-state index contributed by atoms with van der Waals surface area (Å²) in [7, 11) is 0. The Morgan fingerprint density at radius 2 is 1.97 bits per heavy atom. The Bertz CT molecular complexity index is 1420. The third kappa shape index (κ3) is 4.43. The van der Waals surface area contributed by atoms with Crippen LogP contribution < -0.4 is 11.2 Å². The normalized spacial score (nSPS) is 16.7. The van der Waals surface area contributed by atoms with Crippen LogP contribution in [0.5, 0.6) is 0 Å². The van der Waals surface area contributed by atoms with Crippen molar-refractivity contribution in [1.29, 1.82) is 0 Å². The number of hydrogen-bond acceptors (Lipinski definition) is 7. The number of alkyl halides is 1. The van der Waals surface area contributed by atoms with Crippen molar-refractivity contribution in [3.8, 4) is 11.3 Å². The zero-order valence-electron chi connectivity index (χ0n) is 18.1. The number of benzene rings is 2. The van der Waals surface area contributed by atoms with Gasteiger partial charge in [0.1, 0.15) is 12.0 Å². The average molecular weight is 494 g/mol. The third-order valence-corrected chi connectivity index (χ3v) is 5.92. The molecule has 0 saturated heterocycles. The number of fused-ring (bicyclic) bond motifs is 3. The summed E-state index contributed by atoms with van der Waals surface area (Å²) in [6.45, 7) is 0.139. The van der Waals surface area contributed by atoms with E-state index in [4.69, 9.17) is 17.5 Å². The molecule has 176 valence electrons. The number of aromatic nitrogens is 2. The van der Waals surface area contributed by atoms with Gasteiger partial charge in [-0.25, -0.2) is 23.5 Å². The highest BCUT2D eigenvalue weighted by Crippen LogP contribution is 2.36. The molecule has 0 saturated carbocycles. The quantitative estimate of drug-likeness (QED) is 0.472. The maximum absolute atomic E-state index is 14.8. The Kier molecular flexibility index (Phi) is 6.10. The summed E-state index contributed by atoms with van der Waals surface area (Å²) in [4.78, 5) is 29.3. The Morgan fingerprint density at radius 1 is 1.17 bits per heavy atom. The van der Waals surface area contributed by atoms with Crippen molar-refractivity contribution in [3.63, 3.8) is 0 Å². The molecule has 3 aromatic rings. The number of anilines is 2. The van der Waals surface area contributed by atoms with Gasteiger partial charge in [0.05, 0.1) is 23.5 Å². The molecule has 0 spiro atoms. The van der Waals surface area contributed by atoms with Gasteiger partial charge in [0.25, 0.3) is 0 Å². The van der Waals surface area contributed by atoms with Crippen molar-refractivity contribution >= 4 is 34.9 Å².